The molecule has 1 amide bonds. The minimum atomic E-state index is -0.288. The Balaban J connectivity index is 2.51. The van der Waals surface area contributed by atoms with Gasteiger partial charge in [-0.15, -0.1) is 0 Å². The van der Waals surface area contributed by atoms with Gasteiger partial charge in [-0.2, -0.15) is 0 Å². The topological polar surface area (TPSA) is 55.8 Å². The van der Waals surface area contributed by atoms with Crippen molar-refractivity contribution in [2.75, 3.05) is 26.3 Å². The molecule has 1 aromatic rings. The third kappa shape index (κ3) is 8.20. The van der Waals surface area contributed by atoms with Crippen LogP contribution >= 0.6 is 11.6 Å². The minimum absolute atomic E-state index is 0.0589. The van der Waals surface area contributed by atoms with Crippen molar-refractivity contribution in [3.05, 3.63) is 29.3 Å². The number of esters is 1. The van der Waals surface area contributed by atoms with Gasteiger partial charge < -0.3 is 14.4 Å². The molecule has 0 saturated heterocycles. The largest absolute Gasteiger partial charge is 0.484 e. The molecule has 6 heteroatoms. The number of hydrogen-bond donors (Lipinski definition) is 0. The molecule has 0 spiro atoms. The molecule has 0 aliphatic heterocycles. The van der Waals surface area contributed by atoms with E-state index in [0.29, 0.717) is 30.5 Å². The van der Waals surface area contributed by atoms with Gasteiger partial charge in [-0.3, -0.25) is 9.59 Å². The summed E-state index contributed by atoms with van der Waals surface area (Å²) in [6.07, 6.45) is 3.22. The third-order valence-electron chi connectivity index (χ3n) is 3.45. The van der Waals surface area contributed by atoms with Gasteiger partial charge in [-0.1, -0.05) is 31.4 Å². The molecule has 0 heterocycles. The summed E-state index contributed by atoms with van der Waals surface area (Å²) < 4.78 is 10.4. The van der Waals surface area contributed by atoms with Crippen LogP contribution in [0.4, 0.5) is 0 Å². The number of unbranched alkanes of at least 4 members (excludes halogenated alkanes) is 2. The monoisotopic (exact) mass is 355 g/mol. The van der Waals surface area contributed by atoms with Crippen LogP contribution in [0.3, 0.4) is 0 Å². The Bertz CT molecular complexity index is 504. The predicted molar refractivity (Wildman–Crippen MR) is 94.3 cm³/mol. The molecule has 0 aliphatic carbocycles. The number of carbonyl (C=O) groups excluding carboxylic acids is 2. The fourth-order valence-electron chi connectivity index (χ4n) is 2.14. The van der Waals surface area contributed by atoms with Crippen LogP contribution in [0.1, 0.15) is 39.5 Å². The first-order valence-corrected chi connectivity index (χ1v) is 8.76. The summed E-state index contributed by atoms with van der Waals surface area (Å²) in [7, 11) is 0. The van der Waals surface area contributed by atoms with Gasteiger partial charge in [0.1, 0.15) is 5.75 Å². The Morgan fingerprint density at radius 2 is 1.79 bits per heavy atom. The molecule has 0 fully saturated rings. The summed E-state index contributed by atoms with van der Waals surface area (Å²) in [5.41, 5.74) is 0. The molecule has 0 N–H and O–H groups in total. The van der Waals surface area contributed by atoms with E-state index in [9.17, 15) is 9.59 Å². The Morgan fingerprint density at radius 1 is 1.08 bits per heavy atom. The molecule has 5 nitrogen and oxygen atoms in total. The van der Waals surface area contributed by atoms with Gasteiger partial charge in [-0.05, 0) is 37.6 Å². The summed E-state index contributed by atoms with van der Waals surface area (Å²) in [6.45, 7) is 5.14. The highest BCUT2D eigenvalue weighted by Crippen LogP contribution is 2.15. The second kappa shape index (κ2) is 11.7. The quantitative estimate of drug-likeness (QED) is 0.448. The van der Waals surface area contributed by atoms with Crippen molar-refractivity contribution >= 4 is 23.5 Å². The van der Waals surface area contributed by atoms with Crippen LogP contribution < -0.4 is 4.74 Å². The number of rotatable bonds is 11. The Hall–Kier alpha value is -1.75. The van der Waals surface area contributed by atoms with Crippen molar-refractivity contribution in [3.8, 4) is 5.75 Å². The lowest BCUT2D eigenvalue weighted by Gasteiger charge is -2.22. The lowest BCUT2D eigenvalue weighted by molar-refractivity contribution is -0.144. The highest BCUT2D eigenvalue weighted by molar-refractivity contribution is 6.30. The van der Waals surface area contributed by atoms with E-state index < -0.39 is 0 Å². The molecule has 134 valence electrons. The molecule has 0 atom stereocenters. The zero-order chi connectivity index (χ0) is 17.8. The van der Waals surface area contributed by atoms with Crippen molar-refractivity contribution in [3.63, 3.8) is 0 Å². The maximum atomic E-state index is 12.4. The van der Waals surface area contributed by atoms with Gasteiger partial charge in [0.2, 0.25) is 0 Å². The zero-order valence-electron chi connectivity index (χ0n) is 14.4. The maximum absolute atomic E-state index is 12.4. The Morgan fingerprint density at radius 3 is 2.42 bits per heavy atom. The van der Waals surface area contributed by atoms with E-state index in [1.54, 1.807) is 36.1 Å². The van der Waals surface area contributed by atoms with Gasteiger partial charge >= 0.3 is 5.97 Å². The molecule has 0 unspecified atom stereocenters. The van der Waals surface area contributed by atoms with Gasteiger partial charge in [0.05, 0.1) is 13.0 Å². The van der Waals surface area contributed by atoms with Gasteiger partial charge in [-0.25, -0.2) is 0 Å². The molecule has 0 aliphatic rings. The second-order valence-corrected chi connectivity index (χ2v) is 5.82. The summed E-state index contributed by atoms with van der Waals surface area (Å²) in [6, 6.07) is 6.85. The summed E-state index contributed by atoms with van der Waals surface area (Å²) in [5, 5.41) is 0.615. The van der Waals surface area contributed by atoms with E-state index in [2.05, 4.69) is 6.92 Å². The van der Waals surface area contributed by atoms with Crippen molar-refractivity contribution in [2.45, 2.75) is 39.5 Å². The first kappa shape index (κ1) is 20.3. The first-order chi connectivity index (χ1) is 11.6. The fourth-order valence-corrected chi connectivity index (χ4v) is 2.27. The summed E-state index contributed by atoms with van der Waals surface area (Å²) in [5.74, 6) is 0.168. The van der Waals surface area contributed by atoms with E-state index in [0.717, 1.165) is 19.3 Å². The summed E-state index contributed by atoms with van der Waals surface area (Å²) >= 11 is 5.82. The van der Waals surface area contributed by atoms with Crippen molar-refractivity contribution < 1.29 is 19.1 Å². The number of benzene rings is 1. The van der Waals surface area contributed by atoms with Gasteiger partial charge in [0.25, 0.3) is 5.91 Å². The first-order valence-electron chi connectivity index (χ1n) is 8.38. The normalized spacial score (nSPS) is 10.3. The molecule has 24 heavy (non-hydrogen) atoms. The molecule has 1 aromatic carbocycles. The van der Waals surface area contributed by atoms with Crippen LogP contribution in [0.25, 0.3) is 0 Å². The second-order valence-electron chi connectivity index (χ2n) is 5.39. The lowest BCUT2D eigenvalue weighted by Crippen LogP contribution is -2.37. The van der Waals surface area contributed by atoms with Crippen molar-refractivity contribution in [1.82, 2.24) is 4.90 Å². The molecular formula is C18H26ClNO4. The van der Waals surface area contributed by atoms with Crippen LogP contribution in [0.5, 0.6) is 5.75 Å². The van der Waals surface area contributed by atoms with E-state index in [4.69, 9.17) is 21.1 Å². The number of amides is 1. The van der Waals surface area contributed by atoms with Crippen LogP contribution in [-0.4, -0.2) is 43.1 Å². The fraction of sp³-hybridized carbons (Fsp3) is 0.556. The zero-order valence-corrected chi connectivity index (χ0v) is 15.2. The number of halogens is 1. The minimum Gasteiger partial charge on any atom is -0.484 e. The smallest absolute Gasteiger partial charge is 0.307 e. The molecule has 0 saturated carbocycles. The van der Waals surface area contributed by atoms with Gasteiger partial charge in [0, 0.05) is 18.1 Å². The number of ether oxygens (including phenoxy) is 2. The van der Waals surface area contributed by atoms with Crippen molar-refractivity contribution in [2.24, 2.45) is 0 Å². The molecule has 0 aromatic heterocycles. The Labute approximate surface area is 148 Å². The van der Waals surface area contributed by atoms with Crippen LogP contribution in [0, 0.1) is 0 Å². The molecular weight excluding hydrogens is 330 g/mol. The maximum Gasteiger partial charge on any atom is 0.307 e. The average molecular weight is 356 g/mol. The van der Waals surface area contributed by atoms with Gasteiger partial charge in [0.15, 0.2) is 6.61 Å². The third-order valence-corrected chi connectivity index (χ3v) is 3.70. The average Bonchev–Trinajstić information content (AvgIpc) is 2.57. The van der Waals surface area contributed by atoms with Crippen molar-refractivity contribution in [1.29, 1.82) is 0 Å². The van der Waals surface area contributed by atoms with E-state index >= 15 is 0 Å². The van der Waals surface area contributed by atoms with E-state index in [1.165, 1.54) is 0 Å². The van der Waals surface area contributed by atoms with Crippen LogP contribution in [0.2, 0.25) is 5.02 Å². The number of nitrogens with zero attached hydrogens (tertiary/aromatic N) is 1. The SMILES string of the molecule is CCCCCN(CCC(=O)OCC)C(=O)COc1ccc(Cl)cc1. The standard InChI is InChI=1S/C18H26ClNO4/c1-3-5-6-12-20(13-11-18(22)23-4-2)17(21)14-24-16-9-7-15(19)8-10-16/h7-10H,3-6,11-14H2,1-2H3. The lowest BCUT2D eigenvalue weighted by atomic mass is 10.2. The molecule has 0 radical (unpaired) electrons. The summed E-state index contributed by atoms with van der Waals surface area (Å²) in [4.78, 5) is 25.5. The number of hydrogen-bond acceptors (Lipinski definition) is 4. The van der Waals surface area contributed by atoms with Crippen LogP contribution in [0.15, 0.2) is 24.3 Å². The Kier molecular flexibility index (Phi) is 9.92. The van der Waals surface area contributed by atoms with E-state index in [1.807, 2.05) is 0 Å². The predicted octanol–water partition coefficient (Wildman–Crippen LogP) is 3.69. The highest BCUT2D eigenvalue weighted by atomic mass is 35.5. The molecule has 0 bridgehead atoms. The number of carbonyl (C=O) groups is 2. The highest BCUT2D eigenvalue weighted by Gasteiger charge is 2.16. The van der Waals surface area contributed by atoms with Crippen LogP contribution in [-0.2, 0) is 14.3 Å². The molecule has 1 rings (SSSR count). The van der Waals surface area contributed by atoms with E-state index in [-0.39, 0.29) is 24.9 Å².